The molecule has 13 N–H and O–H groups in total. The fraction of sp³-hybridized carbons (Fsp3) is 0.676. The molecule has 0 radical (unpaired) electrons. The normalized spacial score (nSPS) is 14.2. The molecule has 0 heterocycles. The third-order valence-electron chi connectivity index (χ3n) is 9.35. The topological polar surface area (TPSA) is 273 Å². The first kappa shape index (κ1) is 58.9. The van der Waals surface area contributed by atoms with E-state index in [-0.39, 0.29) is 85.4 Å². The van der Waals surface area contributed by atoms with Crippen LogP contribution in [0.15, 0.2) is 48.5 Å². The van der Waals surface area contributed by atoms with Crippen LogP contribution in [0.1, 0.15) is 85.3 Å². The molecule has 0 spiro atoms. The number of para-hydroxylation sites is 2. The van der Waals surface area contributed by atoms with Gasteiger partial charge in [-0.15, -0.1) is 0 Å². The predicted octanol–water partition coefficient (Wildman–Crippen LogP) is 1.99. The number of aromatic hydroxyl groups is 2. The number of nitrogens with two attached hydrogens (primary N) is 1. The molecule has 0 aliphatic carbocycles. The number of aliphatic hydroxyl groups is 4. The minimum atomic E-state index is -4.92. The number of hydrogen-bond acceptors (Lipinski definition) is 11. The van der Waals surface area contributed by atoms with E-state index in [2.05, 4.69) is 20.8 Å². The maximum atomic E-state index is 12.8. The average molecular weight is 884 g/mol. The van der Waals surface area contributed by atoms with Gasteiger partial charge in [0.15, 0.2) is 0 Å². The molecule has 19 heteroatoms. The standard InChI is InChI=1S/C27H45N3O10P2.C6H15N.2C2H6O.Fe/c1-3-26(42(38,39)40)29(16-21-10-4-6-12-23(21)33)25(18-31)27(19-32,14-8-9-15-28)30(20(2)41(35,36)37)17-22-11-5-7-13-24(22)34;1-4-7(5-2)6-3;2*1-2-3;/h4-7,10-13,20,25-26,31-34H,3,8-9,14-19,28H2,1-2H3,(H2,35,36,37)(H2,38,39,40);4-6H2,1-3H3;2*3H,2H2,1H3;/p+1. The molecule has 0 aliphatic heterocycles. The molecule has 0 bridgehead atoms. The second kappa shape index (κ2) is 31.5. The van der Waals surface area contributed by atoms with Crippen molar-refractivity contribution in [3.63, 3.8) is 0 Å². The summed E-state index contributed by atoms with van der Waals surface area (Å²) >= 11 is 0. The van der Waals surface area contributed by atoms with Gasteiger partial charge in [-0.05, 0) is 79.5 Å². The van der Waals surface area contributed by atoms with Crippen LogP contribution >= 0.6 is 15.2 Å². The van der Waals surface area contributed by atoms with Gasteiger partial charge in [-0.2, -0.15) is 0 Å². The van der Waals surface area contributed by atoms with Gasteiger partial charge in [0.05, 0.1) is 44.4 Å². The third-order valence-corrected chi connectivity index (χ3v) is 12.0. The molecule has 0 fully saturated rings. The monoisotopic (exact) mass is 883 g/mol. The SMILES string of the molecule is CCC(N(Cc1ccccc1O)C(CO)C(CO)(CCCCN)N(Cc1ccccc1O)C(C)P(=O)(O)O)P(=O)(O)O.CCO.CCO.CC[NH+](CC)CC.[Fe]. The van der Waals surface area contributed by atoms with Crippen molar-refractivity contribution < 1.29 is 81.3 Å². The summed E-state index contributed by atoms with van der Waals surface area (Å²) in [6.45, 7) is 15.3. The second-order valence-corrected chi connectivity index (χ2v) is 16.6. The van der Waals surface area contributed by atoms with E-state index in [1.54, 1.807) is 62.1 Å². The van der Waals surface area contributed by atoms with Crippen LogP contribution in [0.3, 0.4) is 0 Å². The van der Waals surface area contributed by atoms with E-state index in [1.807, 2.05) is 0 Å². The number of unbranched alkanes of at least 4 members (excludes halogenated alkanes) is 1. The van der Waals surface area contributed by atoms with Crippen LogP contribution < -0.4 is 10.6 Å². The van der Waals surface area contributed by atoms with Gasteiger partial charge in [-0.25, -0.2) is 0 Å². The minimum absolute atomic E-state index is 0. The van der Waals surface area contributed by atoms with Gasteiger partial charge in [0, 0.05) is 54.5 Å². The molecular formula is C37H73FeN4O12P2+. The van der Waals surface area contributed by atoms with Crippen molar-refractivity contribution in [1.29, 1.82) is 0 Å². The summed E-state index contributed by atoms with van der Waals surface area (Å²) in [6.07, 6.45) is 0.699. The molecule has 16 nitrogen and oxygen atoms in total. The Kier molecular flexibility index (Phi) is 33.1. The first-order valence-corrected chi connectivity index (χ1v) is 22.4. The zero-order valence-corrected chi connectivity index (χ0v) is 37.2. The average Bonchev–Trinajstić information content (AvgIpc) is 3.12. The van der Waals surface area contributed by atoms with E-state index < -0.39 is 51.6 Å². The van der Waals surface area contributed by atoms with Gasteiger partial charge < -0.3 is 60.8 Å². The van der Waals surface area contributed by atoms with Crippen molar-refractivity contribution in [2.75, 3.05) is 52.6 Å². The maximum absolute atomic E-state index is 12.8. The van der Waals surface area contributed by atoms with Gasteiger partial charge >= 0.3 is 15.2 Å². The Morgan fingerprint density at radius 3 is 1.46 bits per heavy atom. The summed E-state index contributed by atoms with van der Waals surface area (Å²) in [5.74, 6) is -3.38. The van der Waals surface area contributed by atoms with Crippen molar-refractivity contribution in [2.24, 2.45) is 5.73 Å². The molecule has 4 unspecified atom stereocenters. The molecule has 0 aliphatic rings. The Morgan fingerprint density at radius 1 is 0.732 bits per heavy atom. The molecule has 0 saturated heterocycles. The number of nitrogens with zero attached hydrogens (tertiary/aromatic N) is 2. The Bertz CT molecular complexity index is 1360. The number of quaternary nitrogens is 1. The first-order chi connectivity index (χ1) is 25.8. The molecule has 330 valence electrons. The Balaban J connectivity index is -0.00000173. The van der Waals surface area contributed by atoms with Crippen molar-refractivity contribution in [1.82, 2.24) is 9.80 Å². The van der Waals surface area contributed by atoms with Gasteiger partial charge in [-0.3, -0.25) is 18.9 Å². The molecule has 0 aromatic heterocycles. The largest absolute Gasteiger partial charge is 0.508 e. The van der Waals surface area contributed by atoms with Crippen LogP contribution in [0, 0.1) is 0 Å². The maximum Gasteiger partial charge on any atom is 0.342 e. The van der Waals surface area contributed by atoms with Crippen LogP contribution in [0.2, 0.25) is 0 Å². The van der Waals surface area contributed by atoms with Crippen molar-refractivity contribution in [3.8, 4) is 11.5 Å². The van der Waals surface area contributed by atoms with Crippen LogP contribution in [0.4, 0.5) is 0 Å². The number of nitrogens with one attached hydrogen (secondary N) is 1. The number of phenolic OH excluding ortho intramolecular Hbond substituents is 2. The van der Waals surface area contributed by atoms with E-state index in [4.69, 9.17) is 15.9 Å². The fourth-order valence-electron chi connectivity index (χ4n) is 6.29. The molecule has 0 saturated carbocycles. The minimum Gasteiger partial charge on any atom is -0.508 e. The number of rotatable bonds is 21. The number of aliphatic hydroxyl groups excluding tert-OH is 4. The third kappa shape index (κ3) is 20.0. The van der Waals surface area contributed by atoms with Crippen LogP contribution in [-0.4, -0.2) is 136 Å². The van der Waals surface area contributed by atoms with Crippen LogP contribution in [-0.2, 0) is 39.3 Å². The van der Waals surface area contributed by atoms with Crippen molar-refractivity contribution in [2.45, 2.75) is 110 Å². The summed E-state index contributed by atoms with van der Waals surface area (Å²) in [6, 6.07) is 11.0. The van der Waals surface area contributed by atoms with Crippen molar-refractivity contribution >= 4 is 15.2 Å². The zero-order chi connectivity index (χ0) is 42.8. The summed E-state index contributed by atoms with van der Waals surface area (Å²) in [5.41, 5.74) is 4.58. The molecule has 4 atom stereocenters. The molecular weight excluding hydrogens is 810 g/mol. The van der Waals surface area contributed by atoms with Crippen LogP contribution in [0.25, 0.3) is 0 Å². The zero-order valence-electron chi connectivity index (χ0n) is 34.3. The van der Waals surface area contributed by atoms with E-state index in [0.29, 0.717) is 12.8 Å². The summed E-state index contributed by atoms with van der Waals surface area (Å²) in [5, 5.41) is 58.4. The number of benzene rings is 2. The summed E-state index contributed by atoms with van der Waals surface area (Å²) < 4.78 is 25.6. The van der Waals surface area contributed by atoms with E-state index in [9.17, 15) is 49.1 Å². The quantitative estimate of drug-likeness (QED) is 0.0486. The summed E-state index contributed by atoms with van der Waals surface area (Å²) in [7, 11) is -9.82. The number of phenols is 2. The second-order valence-electron chi connectivity index (χ2n) is 12.9. The number of hydrogen-bond donors (Lipinski definition) is 12. The van der Waals surface area contributed by atoms with Gasteiger partial charge in [0.25, 0.3) is 0 Å². The molecule has 2 aromatic rings. The Labute approximate surface area is 345 Å². The Hall–Kier alpha value is -1.46. The molecule has 2 rings (SSSR count). The van der Waals surface area contributed by atoms with E-state index in [0.717, 1.165) is 0 Å². The van der Waals surface area contributed by atoms with Crippen molar-refractivity contribution in [3.05, 3.63) is 59.7 Å². The molecule has 56 heavy (non-hydrogen) atoms. The first-order valence-electron chi connectivity index (χ1n) is 19.0. The fourth-order valence-corrected chi connectivity index (χ4v) is 8.07. The van der Waals surface area contributed by atoms with Gasteiger partial charge in [0.1, 0.15) is 23.1 Å². The van der Waals surface area contributed by atoms with Crippen LogP contribution in [0.5, 0.6) is 11.5 Å². The van der Waals surface area contributed by atoms with Gasteiger partial charge in [0.2, 0.25) is 0 Å². The van der Waals surface area contributed by atoms with Gasteiger partial charge in [-0.1, -0.05) is 49.7 Å². The van der Waals surface area contributed by atoms with E-state index in [1.165, 1.54) is 48.5 Å². The smallest absolute Gasteiger partial charge is 0.342 e. The predicted molar refractivity (Wildman–Crippen MR) is 217 cm³/mol. The molecule has 0 amide bonds. The Morgan fingerprint density at radius 2 is 1.16 bits per heavy atom. The molecule has 2 aromatic carbocycles. The van der Waals surface area contributed by atoms with E-state index >= 15 is 0 Å². The summed E-state index contributed by atoms with van der Waals surface area (Å²) in [4.78, 5) is 45.8.